The van der Waals surface area contributed by atoms with E-state index in [-0.39, 0.29) is 18.4 Å². The zero-order valence-corrected chi connectivity index (χ0v) is 14.1. The lowest BCUT2D eigenvalue weighted by Gasteiger charge is -2.17. The van der Waals surface area contributed by atoms with E-state index in [0.29, 0.717) is 17.8 Å². The lowest BCUT2D eigenvalue weighted by atomic mass is 9.89. The van der Waals surface area contributed by atoms with Gasteiger partial charge in [-0.3, -0.25) is 14.3 Å². The zero-order chi connectivity index (χ0) is 17.4. The maximum atomic E-state index is 12.9. The van der Waals surface area contributed by atoms with Crippen LogP contribution < -0.4 is 0 Å². The monoisotopic (exact) mass is 327 g/mol. The summed E-state index contributed by atoms with van der Waals surface area (Å²) in [5, 5.41) is 13.9. The van der Waals surface area contributed by atoms with Crippen molar-refractivity contribution in [1.29, 1.82) is 0 Å². The van der Waals surface area contributed by atoms with Gasteiger partial charge in [-0.1, -0.05) is 30.3 Å². The summed E-state index contributed by atoms with van der Waals surface area (Å²) in [7, 11) is 1.80. The minimum Gasteiger partial charge on any atom is -0.481 e. The number of aliphatic carboxylic acids is 1. The van der Waals surface area contributed by atoms with Crippen molar-refractivity contribution in [2.45, 2.75) is 19.8 Å². The Bertz CT molecular complexity index is 782. The minimum atomic E-state index is -0.862. The molecule has 1 fully saturated rings. The Balaban J connectivity index is 1.91. The van der Waals surface area contributed by atoms with E-state index in [1.807, 2.05) is 37.3 Å². The van der Waals surface area contributed by atoms with Gasteiger partial charge in [-0.2, -0.15) is 5.10 Å². The van der Waals surface area contributed by atoms with E-state index in [9.17, 15) is 14.7 Å². The summed E-state index contributed by atoms with van der Waals surface area (Å²) < 4.78 is 1.68. The summed E-state index contributed by atoms with van der Waals surface area (Å²) in [5.74, 6) is -1.78. The average molecular weight is 327 g/mol. The van der Waals surface area contributed by atoms with Crippen LogP contribution in [0.25, 0.3) is 0 Å². The standard InChI is InChI=1S/C18H21N3O3/c1-11-16(12(2)20(3)19-11)17(22)21-9-14(15(10-21)18(23)24)13-7-5-4-6-8-13/h4-8,14-15H,9-10H2,1-3H3,(H,23,24)/t14-,15-/m0/s1. The van der Waals surface area contributed by atoms with Crippen molar-refractivity contribution in [3.63, 3.8) is 0 Å². The minimum absolute atomic E-state index is 0.136. The van der Waals surface area contributed by atoms with Gasteiger partial charge in [0.1, 0.15) is 0 Å². The summed E-state index contributed by atoms with van der Waals surface area (Å²) in [5.41, 5.74) is 3.01. The number of amides is 1. The van der Waals surface area contributed by atoms with Crippen LogP contribution in [0, 0.1) is 19.8 Å². The van der Waals surface area contributed by atoms with Crippen LogP contribution in [-0.4, -0.2) is 44.8 Å². The lowest BCUT2D eigenvalue weighted by Crippen LogP contribution is -2.30. The number of aryl methyl sites for hydroxylation is 2. The second-order valence-electron chi connectivity index (χ2n) is 6.34. The molecule has 1 aliphatic heterocycles. The van der Waals surface area contributed by atoms with Crippen molar-refractivity contribution in [2.24, 2.45) is 13.0 Å². The van der Waals surface area contributed by atoms with E-state index >= 15 is 0 Å². The topological polar surface area (TPSA) is 75.4 Å². The largest absolute Gasteiger partial charge is 0.481 e. The van der Waals surface area contributed by atoms with E-state index < -0.39 is 11.9 Å². The zero-order valence-electron chi connectivity index (χ0n) is 14.1. The molecule has 0 radical (unpaired) electrons. The molecule has 1 aliphatic rings. The maximum Gasteiger partial charge on any atom is 0.308 e. The highest BCUT2D eigenvalue weighted by molar-refractivity contribution is 5.97. The molecule has 3 rings (SSSR count). The summed E-state index contributed by atoms with van der Waals surface area (Å²) in [4.78, 5) is 26.2. The molecule has 2 atom stereocenters. The van der Waals surface area contributed by atoms with Crippen molar-refractivity contribution in [1.82, 2.24) is 14.7 Å². The van der Waals surface area contributed by atoms with Gasteiger partial charge in [0.25, 0.3) is 5.91 Å². The molecule has 0 bridgehead atoms. The molecule has 1 aromatic carbocycles. The van der Waals surface area contributed by atoms with Gasteiger partial charge in [0.2, 0.25) is 0 Å². The highest BCUT2D eigenvalue weighted by Crippen LogP contribution is 2.34. The predicted octanol–water partition coefficient (Wildman–Crippen LogP) is 1.98. The molecule has 24 heavy (non-hydrogen) atoms. The van der Waals surface area contributed by atoms with Gasteiger partial charge in [-0.25, -0.2) is 0 Å². The van der Waals surface area contributed by atoms with Crippen LogP contribution in [0.4, 0.5) is 0 Å². The molecule has 6 heteroatoms. The van der Waals surface area contributed by atoms with Crippen LogP contribution >= 0.6 is 0 Å². The maximum absolute atomic E-state index is 12.9. The van der Waals surface area contributed by atoms with E-state index in [1.54, 1.807) is 23.6 Å². The van der Waals surface area contributed by atoms with Crippen LogP contribution in [-0.2, 0) is 11.8 Å². The molecule has 0 aliphatic carbocycles. The number of nitrogens with zero attached hydrogens (tertiary/aromatic N) is 3. The van der Waals surface area contributed by atoms with Gasteiger partial charge in [-0.15, -0.1) is 0 Å². The smallest absolute Gasteiger partial charge is 0.308 e. The first-order chi connectivity index (χ1) is 11.4. The van der Waals surface area contributed by atoms with Gasteiger partial charge in [0, 0.05) is 31.7 Å². The third kappa shape index (κ3) is 2.68. The normalized spacial score (nSPS) is 20.4. The number of carboxylic acid groups (broad SMARTS) is 1. The predicted molar refractivity (Wildman–Crippen MR) is 88.9 cm³/mol. The van der Waals surface area contributed by atoms with Crippen molar-refractivity contribution in [3.8, 4) is 0 Å². The second-order valence-corrected chi connectivity index (χ2v) is 6.34. The SMILES string of the molecule is Cc1nn(C)c(C)c1C(=O)N1C[C@H](C(=O)O)[C@H](c2ccccc2)C1. The summed E-state index contributed by atoms with van der Waals surface area (Å²) in [6, 6.07) is 9.55. The summed E-state index contributed by atoms with van der Waals surface area (Å²) >= 11 is 0. The van der Waals surface area contributed by atoms with Crippen LogP contribution in [0.3, 0.4) is 0 Å². The van der Waals surface area contributed by atoms with E-state index in [0.717, 1.165) is 11.3 Å². The Morgan fingerprint density at radius 3 is 2.38 bits per heavy atom. The summed E-state index contributed by atoms with van der Waals surface area (Å²) in [6.07, 6.45) is 0. The fraction of sp³-hybridized carbons (Fsp3) is 0.389. The Kier molecular flexibility index (Phi) is 4.13. The Morgan fingerprint density at radius 2 is 1.83 bits per heavy atom. The molecule has 1 saturated heterocycles. The van der Waals surface area contributed by atoms with Crippen molar-refractivity contribution in [2.75, 3.05) is 13.1 Å². The van der Waals surface area contributed by atoms with E-state index in [4.69, 9.17) is 0 Å². The lowest BCUT2D eigenvalue weighted by molar-refractivity contribution is -0.141. The van der Waals surface area contributed by atoms with Crippen LogP contribution in [0.1, 0.15) is 33.2 Å². The van der Waals surface area contributed by atoms with Crippen LogP contribution in [0.5, 0.6) is 0 Å². The van der Waals surface area contributed by atoms with Gasteiger partial charge in [0.15, 0.2) is 0 Å². The highest BCUT2D eigenvalue weighted by Gasteiger charge is 2.41. The number of aromatic nitrogens is 2. The Morgan fingerprint density at radius 1 is 1.17 bits per heavy atom. The number of hydrogen-bond acceptors (Lipinski definition) is 3. The first-order valence-corrected chi connectivity index (χ1v) is 7.97. The van der Waals surface area contributed by atoms with Gasteiger partial charge >= 0.3 is 5.97 Å². The molecule has 2 aromatic rings. The first kappa shape index (κ1) is 16.2. The van der Waals surface area contributed by atoms with Gasteiger partial charge in [-0.05, 0) is 19.4 Å². The number of hydrogen-bond donors (Lipinski definition) is 1. The van der Waals surface area contributed by atoms with Crippen molar-refractivity contribution >= 4 is 11.9 Å². The number of benzene rings is 1. The third-order valence-corrected chi connectivity index (χ3v) is 4.87. The first-order valence-electron chi connectivity index (χ1n) is 7.97. The third-order valence-electron chi connectivity index (χ3n) is 4.87. The molecule has 6 nitrogen and oxygen atoms in total. The molecule has 0 unspecified atom stereocenters. The Hall–Kier alpha value is -2.63. The van der Waals surface area contributed by atoms with E-state index in [2.05, 4.69) is 5.10 Å². The fourth-order valence-corrected chi connectivity index (χ4v) is 3.50. The van der Waals surface area contributed by atoms with Crippen molar-refractivity contribution < 1.29 is 14.7 Å². The number of likely N-dealkylation sites (tertiary alicyclic amines) is 1. The quantitative estimate of drug-likeness (QED) is 0.935. The van der Waals surface area contributed by atoms with Crippen LogP contribution in [0.15, 0.2) is 30.3 Å². The van der Waals surface area contributed by atoms with Gasteiger partial charge < -0.3 is 10.0 Å². The molecular weight excluding hydrogens is 306 g/mol. The number of rotatable bonds is 3. The molecule has 1 amide bonds. The molecule has 1 aromatic heterocycles. The molecule has 0 saturated carbocycles. The Labute approximate surface area is 140 Å². The van der Waals surface area contributed by atoms with Crippen LogP contribution in [0.2, 0.25) is 0 Å². The van der Waals surface area contributed by atoms with Gasteiger partial charge in [0.05, 0.1) is 17.2 Å². The average Bonchev–Trinajstić information content (AvgIpc) is 3.10. The highest BCUT2D eigenvalue weighted by atomic mass is 16.4. The number of carbonyl (C=O) groups is 2. The number of carboxylic acids is 1. The fourth-order valence-electron chi connectivity index (χ4n) is 3.50. The molecule has 126 valence electrons. The van der Waals surface area contributed by atoms with E-state index in [1.165, 1.54) is 0 Å². The van der Waals surface area contributed by atoms with Crippen molar-refractivity contribution in [3.05, 3.63) is 52.8 Å². The second kappa shape index (κ2) is 6.11. The molecule has 0 spiro atoms. The molecule has 2 heterocycles. The molecular formula is C18H21N3O3. The molecule has 1 N–H and O–H groups in total. The number of carbonyl (C=O) groups excluding carboxylic acids is 1. The summed E-state index contributed by atoms with van der Waals surface area (Å²) in [6.45, 7) is 4.29.